The molecule has 0 aliphatic heterocycles. The van der Waals surface area contributed by atoms with Gasteiger partial charge < -0.3 is 9.84 Å². The Balaban J connectivity index is 2.21. The summed E-state index contributed by atoms with van der Waals surface area (Å²) in [4.78, 5) is 0. The lowest BCUT2D eigenvalue weighted by Crippen LogP contribution is -2.17. The fourth-order valence-electron chi connectivity index (χ4n) is 2.96. The molecule has 3 unspecified atom stereocenters. The molecule has 0 heterocycles. The summed E-state index contributed by atoms with van der Waals surface area (Å²) in [6.07, 6.45) is 3.33. The van der Waals surface area contributed by atoms with Crippen LogP contribution in [0.4, 0.5) is 0 Å². The molecular weight excluding hydrogens is 224 g/mol. The van der Waals surface area contributed by atoms with E-state index in [1.54, 1.807) is 0 Å². The van der Waals surface area contributed by atoms with Crippen molar-refractivity contribution in [2.45, 2.75) is 52.2 Å². The maximum absolute atomic E-state index is 10.6. The maximum Gasteiger partial charge on any atom is 0.125 e. The van der Waals surface area contributed by atoms with E-state index in [1.165, 1.54) is 12.8 Å². The molecule has 0 radical (unpaired) electrons. The average molecular weight is 248 g/mol. The van der Waals surface area contributed by atoms with E-state index in [4.69, 9.17) is 4.74 Å². The van der Waals surface area contributed by atoms with Crippen LogP contribution in [0.15, 0.2) is 24.3 Å². The molecule has 0 bridgehead atoms. The molecule has 1 N–H and O–H groups in total. The van der Waals surface area contributed by atoms with Crippen molar-refractivity contribution in [2.75, 3.05) is 0 Å². The second-order valence-electron chi connectivity index (χ2n) is 5.72. The molecule has 1 aromatic carbocycles. The van der Waals surface area contributed by atoms with Crippen LogP contribution in [-0.4, -0.2) is 11.2 Å². The quantitative estimate of drug-likeness (QED) is 0.874. The molecule has 2 rings (SSSR count). The highest BCUT2D eigenvalue weighted by atomic mass is 16.5. The number of rotatable bonds is 4. The molecule has 0 aromatic heterocycles. The first kappa shape index (κ1) is 13.4. The van der Waals surface area contributed by atoms with Gasteiger partial charge in [-0.05, 0) is 38.2 Å². The van der Waals surface area contributed by atoms with Crippen LogP contribution in [-0.2, 0) is 0 Å². The summed E-state index contributed by atoms with van der Waals surface area (Å²) in [7, 11) is 0. The van der Waals surface area contributed by atoms with Crippen LogP contribution in [0.3, 0.4) is 0 Å². The van der Waals surface area contributed by atoms with Gasteiger partial charge in [0.15, 0.2) is 0 Å². The lowest BCUT2D eigenvalue weighted by atomic mass is 9.88. The molecule has 18 heavy (non-hydrogen) atoms. The number of benzene rings is 1. The first-order valence-corrected chi connectivity index (χ1v) is 7.03. The Morgan fingerprint density at radius 1 is 1.22 bits per heavy atom. The first-order chi connectivity index (χ1) is 8.59. The van der Waals surface area contributed by atoms with Crippen LogP contribution in [0.1, 0.15) is 51.7 Å². The standard InChI is InChI=1S/C16H24O2/c1-11(2)18-15-10-5-4-8-14(15)16(17)13-9-6-7-12(13)3/h4-5,8,10-13,16-17H,6-7,9H2,1-3H3. The zero-order chi connectivity index (χ0) is 13.1. The number of aliphatic hydroxyl groups excluding tert-OH is 1. The molecule has 1 fully saturated rings. The third kappa shape index (κ3) is 2.86. The van der Waals surface area contributed by atoms with Gasteiger partial charge in [-0.2, -0.15) is 0 Å². The van der Waals surface area contributed by atoms with Gasteiger partial charge in [0, 0.05) is 5.56 Å². The van der Waals surface area contributed by atoms with E-state index in [2.05, 4.69) is 6.92 Å². The molecule has 1 aliphatic carbocycles. The molecule has 0 amide bonds. The zero-order valence-electron chi connectivity index (χ0n) is 11.6. The zero-order valence-corrected chi connectivity index (χ0v) is 11.6. The van der Waals surface area contributed by atoms with Gasteiger partial charge in [-0.15, -0.1) is 0 Å². The number of hydrogen-bond acceptors (Lipinski definition) is 2. The van der Waals surface area contributed by atoms with E-state index in [-0.39, 0.29) is 6.10 Å². The summed E-state index contributed by atoms with van der Waals surface area (Å²) in [6, 6.07) is 7.89. The van der Waals surface area contributed by atoms with Crippen LogP contribution in [0.25, 0.3) is 0 Å². The topological polar surface area (TPSA) is 29.5 Å². The molecule has 100 valence electrons. The lowest BCUT2D eigenvalue weighted by Gasteiger charge is -2.25. The van der Waals surface area contributed by atoms with Gasteiger partial charge in [0.2, 0.25) is 0 Å². The van der Waals surface area contributed by atoms with Crippen LogP contribution >= 0.6 is 0 Å². The normalized spacial score (nSPS) is 25.4. The van der Waals surface area contributed by atoms with Crippen molar-refractivity contribution in [2.24, 2.45) is 11.8 Å². The van der Waals surface area contributed by atoms with E-state index in [1.807, 2.05) is 38.1 Å². The van der Waals surface area contributed by atoms with Gasteiger partial charge in [-0.3, -0.25) is 0 Å². The van der Waals surface area contributed by atoms with Gasteiger partial charge >= 0.3 is 0 Å². The highest BCUT2D eigenvalue weighted by Gasteiger charge is 2.32. The van der Waals surface area contributed by atoms with E-state index >= 15 is 0 Å². The Morgan fingerprint density at radius 3 is 2.56 bits per heavy atom. The molecule has 2 nitrogen and oxygen atoms in total. The van der Waals surface area contributed by atoms with E-state index in [9.17, 15) is 5.11 Å². The molecule has 1 aromatic rings. The number of aliphatic hydroxyl groups is 1. The highest BCUT2D eigenvalue weighted by Crippen LogP contribution is 2.42. The lowest BCUT2D eigenvalue weighted by molar-refractivity contribution is 0.0852. The van der Waals surface area contributed by atoms with E-state index < -0.39 is 6.10 Å². The van der Waals surface area contributed by atoms with Gasteiger partial charge in [0.25, 0.3) is 0 Å². The Morgan fingerprint density at radius 2 is 1.94 bits per heavy atom. The largest absolute Gasteiger partial charge is 0.491 e. The molecule has 1 aliphatic rings. The van der Waals surface area contributed by atoms with Crippen LogP contribution in [0.2, 0.25) is 0 Å². The van der Waals surface area contributed by atoms with E-state index in [0.29, 0.717) is 11.8 Å². The molecule has 2 heteroatoms. The fourth-order valence-corrected chi connectivity index (χ4v) is 2.96. The Labute approximate surface area is 110 Å². The third-order valence-corrected chi connectivity index (χ3v) is 3.93. The van der Waals surface area contributed by atoms with Gasteiger partial charge in [-0.1, -0.05) is 38.0 Å². The fraction of sp³-hybridized carbons (Fsp3) is 0.625. The second-order valence-corrected chi connectivity index (χ2v) is 5.72. The summed E-state index contributed by atoms with van der Waals surface area (Å²) >= 11 is 0. The maximum atomic E-state index is 10.6. The van der Waals surface area contributed by atoms with E-state index in [0.717, 1.165) is 17.7 Å². The van der Waals surface area contributed by atoms with Crippen molar-refractivity contribution < 1.29 is 9.84 Å². The molecular formula is C16H24O2. The van der Waals surface area contributed by atoms with Crippen LogP contribution in [0.5, 0.6) is 5.75 Å². The van der Waals surface area contributed by atoms with Gasteiger partial charge in [0.05, 0.1) is 12.2 Å². The minimum Gasteiger partial charge on any atom is -0.491 e. The Hall–Kier alpha value is -1.02. The molecule has 3 atom stereocenters. The SMILES string of the molecule is CC(C)Oc1ccccc1C(O)C1CCCC1C. The molecule has 1 saturated carbocycles. The average Bonchev–Trinajstić information content (AvgIpc) is 2.74. The van der Waals surface area contributed by atoms with Crippen molar-refractivity contribution in [3.63, 3.8) is 0 Å². The van der Waals surface area contributed by atoms with Gasteiger partial charge in [0.1, 0.15) is 5.75 Å². The third-order valence-electron chi connectivity index (χ3n) is 3.93. The predicted molar refractivity (Wildman–Crippen MR) is 73.7 cm³/mol. The van der Waals surface area contributed by atoms with Crippen molar-refractivity contribution in [1.82, 2.24) is 0 Å². The summed E-state index contributed by atoms with van der Waals surface area (Å²) in [5.41, 5.74) is 0.949. The monoisotopic (exact) mass is 248 g/mol. The predicted octanol–water partition coefficient (Wildman–Crippen LogP) is 3.94. The van der Waals surface area contributed by atoms with Crippen molar-refractivity contribution in [1.29, 1.82) is 0 Å². The summed E-state index contributed by atoms with van der Waals surface area (Å²) in [6.45, 7) is 6.27. The highest BCUT2D eigenvalue weighted by molar-refractivity contribution is 5.35. The summed E-state index contributed by atoms with van der Waals surface area (Å²) in [5, 5.41) is 10.6. The van der Waals surface area contributed by atoms with Gasteiger partial charge in [-0.25, -0.2) is 0 Å². The van der Waals surface area contributed by atoms with Crippen molar-refractivity contribution in [3.05, 3.63) is 29.8 Å². The second kappa shape index (κ2) is 5.75. The summed E-state index contributed by atoms with van der Waals surface area (Å²) < 4.78 is 5.80. The van der Waals surface area contributed by atoms with Crippen LogP contribution < -0.4 is 4.74 Å². The molecule has 0 saturated heterocycles. The van der Waals surface area contributed by atoms with Crippen molar-refractivity contribution >= 4 is 0 Å². The number of hydrogen-bond donors (Lipinski definition) is 1. The smallest absolute Gasteiger partial charge is 0.125 e. The Kier molecular flexibility index (Phi) is 4.28. The minimum absolute atomic E-state index is 0.138. The van der Waals surface area contributed by atoms with Crippen molar-refractivity contribution in [3.8, 4) is 5.75 Å². The summed E-state index contributed by atoms with van der Waals surface area (Å²) in [5.74, 6) is 1.81. The Bertz CT molecular complexity index is 386. The number of ether oxygens (including phenoxy) is 1. The van der Waals surface area contributed by atoms with Crippen LogP contribution in [0, 0.1) is 11.8 Å². The molecule has 0 spiro atoms. The minimum atomic E-state index is -0.391. The first-order valence-electron chi connectivity index (χ1n) is 7.03. The number of para-hydroxylation sites is 1.